The summed E-state index contributed by atoms with van der Waals surface area (Å²) >= 11 is 1.40. The summed E-state index contributed by atoms with van der Waals surface area (Å²) in [6.07, 6.45) is 2.26. The molecular formula is C16H15N5O3S. The molecule has 9 heteroatoms. The van der Waals surface area contributed by atoms with Crippen molar-refractivity contribution in [1.82, 2.24) is 20.4 Å². The zero-order chi connectivity index (χ0) is 17.4. The number of imide groups is 1. The molecule has 128 valence electrons. The number of benzene rings is 1. The number of amides is 4. The van der Waals surface area contributed by atoms with Crippen LogP contribution in [0.4, 0.5) is 9.93 Å². The van der Waals surface area contributed by atoms with Crippen LogP contribution in [-0.4, -0.2) is 39.5 Å². The quantitative estimate of drug-likeness (QED) is 0.793. The zero-order valence-electron chi connectivity index (χ0n) is 13.2. The smallest absolute Gasteiger partial charge is 0.324 e. The van der Waals surface area contributed by atoms with Crippen LogP contribution in [0.5, 0.6) is 0 Å². The number of carbonyl (C=O) groups excluding carboxylic acids is 3. The lowest BCUT2D eigenvalue weighted by molar-refractivity contribution is -0.125. The van der Waals surface area contributed by atoms with Gasteiger partial charge in [0, 0.05) is 11.5 Å². The van der Waals surface area contributed by atoms with E-state index in [1.165, 1.54) is 11.3 Å². The summed E-state index contributed by atoms with van der Waals surface area (Å²) in [6.45, 7) is 0.149. The first-order valence-electron chi connectivity index (χ1n) is 7.92. The van der Waals surface area contributed by atoms with Crippen molar-refractivity contribution in [3.8, 4) is 0 Å². The van der Waals surface area contributed by atoms with Gasteiger partial charge < -0.3 is 5.32 Å². The topological polar surface area (TPSA) is 104 Å². The average Bonchev–Trinajstić information content (AvgIpc) is 3.29. The second kappa shape index (κ2) is 6.25. The van der Waals surface area contributed by atoms with Crippen molar-refractivity contribution < 1.29 is 14.4 Å². The molecule has 0 unspecified atom stereocenters. The lowest BCUT2D eigenvalue weighted by atomic mass is 10.1. The lowest BCUT2D eigenvalue weighted by Gasteiger charge is -2.12. The highest BCUT2D eigenvalue weighted by Crippen LogP contribution is 2.42. The zero-order valence-corrected chi connectivity index (χ0v) is 14.0. The predicted molar refractivity (Wildman–Crippen MR) is 90.2 cm³/mol. The van der Waals surface area contributed by atoms with E-state index < -0.39 is 6.03 Å². The van der Waals surface area contributed by atoms with Crippen molar-refractivity contribution in [3.63, 3.8) is 0 Å². The highest BCUT2D eigenvalue weighted by Gasteiger charge is 2.29. The van der Waals surface area contributed by atoms with Gasteiger partial charge in [-0.1, -0.05) is 23.5 Å². The number of nitrogens with one attached hydrogen (secondary N) is 2. The molecule has 2 fully saturated rings. The van der Waals surface area contributed by atoms with Crippen molar-refractivity contribution in [1.29, 1.82) is 0 Å². The van der Waals surface area contributed by atoms with Gasteiger partial charge in [-0.25, -0.2) is 4.79 Å². The fourth-order valence-electron chi connectivity index (χ4n) is 2.56. The van der Waals surface area contributed by atoms with Crippen LogP contribution < -0.4 is 10.6 Å². The highest BCUT2D eigenvalue weighted by atomic mass is 32.1. The highest BCUT2D eigenvalue weighted by molar-refractivity contribution is 7.15. The Bertz CT molecular complexity index is 845. The van der Waals surface area contributed by atoms with Crippen LogP contribution in [0.15, 0.2) is 24.3 Å². The van der Waals surface area contributed by atoms with Crippen LogP contribution in [-0.2, 0) is 11.3 Å². The molecule has 1 aliphatic carbocycles. The summed E-state index contributed by atoms with van der Waals surface area (Å²) in [4.78, 5) is 36.8. The van der Waals surface area contributed by atoms with Gasteiger partial charge in [0.05, 0.1) is 13.1 Å². The van der Waals surface area contributed by atoms with Crippen LogP contribution in [0.1, 0.15) is 39.7 Å². The SMILES string of the molecule is O=C(Nc1nnc(C2CC2)s1)c1cccc(CN2C(=O)CNC2=O)c1. The summed E-state index contributed by atoms with van der Waals surface area (Å²) in [5.74, 6) is -0.0745. The Balaban J connectivity index is 1.45. The summed E-state index contributed by atoms with van der Waals surface area (Å²) in [7, 11) is 0. The molecule has 2 N–H and O–H groups in total. The normalized spacial score (nSPS) is 16.9. The maximum atomic E-state index is 12.4. The molecule has 2 aromatic rings. The van der Waals surface area contributed by atoms with Crippen LogP contribution >= 0.6 is 11.3 Å². The van der Waals surface area contributed by atoms with Gasteiger partial charge >= 0.3 is 6.03 Å². The van der Waals surface area contributed by atoms with Crippen molar-refractivity contribution in [3.05, 3.63) is 40.4 Å². The molecule has 0 spiro atoms. The van der Waals surface area contributed by atoms with E-state index in [0.29, 0.717) is 22.2 Å². The third-order valence-corrected chi connectivity index (χ3v) is 5.06. The molecule has 0 radical (unpaired) electrons. The molecule has 4 rings (SSSR count). The minimum absolute atomic E-state index is 0.0133. The van der Waals surface area contributed by atoms with E-state index in [9.17, 15) is 14.4 Å². The number of anilines is 1. The van der Waals surface area contributed by atoms with Gasteiger partial charge in [0.15, 0.2) is 0 Å². The van der Waals surface area contributed by atoms with E-state index in [1.807, 2.05) is 0 Å². The van der Waals surface area contributed by atoms with E-state index in [4.69, 9.17) is 0 Å². The number of nitrogens with zero attached hydrogens (tertiary/aromatic N) is 3. The van der Waals surface area contributed by atoms with Gasteiger partial charge in [-0.3, -0.25) is 19.8 Å². The molecule has 2 aliphatic rings. The first-order chi connectivity index (χ1) is 12.1. The molecule has 1 saturated heterocycles. The molecule has 1 aromatic heterocycles. The third kappa shape index (κ3) is 3.36. The largest absolute Gasteiger partial charge is 0.329 e. The Hall–Kier alpha value is -2.81. The fourth-order valence-corrected chi connectivity index (χ4v) is 3.47. The van der Waals surface area contributed by atoms with Gasteiger partial charge in [0.1, 0.15) is 5.01 Å². The van der Waals surface area contributed by atoms with E-state index in [0.717, 1.165) is 22.7 Å². The minimum Gasteiger partial charge on any atom is -0.329 e. The second-order valence-corrected chi connectivity index (χ2v) is 7.02. The maximum absolute atomic E-state index is 12.4. The average molecular weight is 357 g/mol. The second-order valence-electron chi connectivity index (χ2n) is 6.01. The number of rotatable bonds is 5. The lowest BCUT2D eigenvalue weighted by Crippen LogP contribution is -2.30. The molecule has 1 saturated carbocycles. The van der Waals surface area contributed by atoms with Gasteiger partial charge in [0.25, 0.3) is 5.91 Å². The molecule has 2 heterocycles. The maximum Gasteiger partial charge on any atom is 0.324 e. The Morgan fingerprint density at radius 3 is 2.88 bits per heavy atom. The number of carbonyl (C=O) groups is 3. The monoisotopic (exact) mass is 357 g/mol. The minimum atomic E-state index is -0.415. The summed E-state index contributed by atoms with van der Waals surface area (Å²) in [6, 6.07) is 6.41. The summed E-state index contributed by atoms with van der Waals surface area (Å²) in [5.41, 5.74) is 1.14. The first-order valence-corrected chi connectivity index (χ1v) is 8.73. The predicted octanol–water partition coefficient (Wildman–Crippen LogP) is 1.72. The molecule has 0 bridgehead atoms. The summed E-state index contributed by atoms with van der Waals surface area (Å²) in [5, 5.41) is 14.7. The van der Waals surface area contributed by atoms with Gasteiger partial charge in [0.2, 0.25) is 11.0 Å². The number of urea groups is 1. The number of hydrogen-bond donors (Lipinski definition) is 2. The molecule has 0 atom stereocenters. The van der Waals surface area contributed by atoms with Crippen LogP contribution in [0.25, 0.3) is 0 Å². The molecule has 8 nitrogen and oxygen atoms in total. The third-order valence-electron chi connectivity index (χ3n) is 4.05. The summed E-state index contributed by atoms with van der Waals surface area (Å²) < 4.78 is 0. The molecule has 1 aliphatic heterocycles. The van der Waals surface area contributed by atoms with Crippen LogP contribution in [0.3, 0.4) is 0 Å². The Labute approximate surface area is 147 Å². The van der Waals surface area contributed by atoms with Gasteiger partial charge in [-0.05, 0) is 30.5 Å². The van der Waals surface area contributed by atoms with Gasteiger partial charge in [-0.15, -0.1) is 10.2 Å². The van der Waals surface area contributed by atoms with Crippen LogP contribution in [0.2, 0.25) is 0 Å². The Kier molecular flexibility index (Phi) is 3.92. The van der Waals surface area contributed by atoms with Crippen molar-refractivity contribution >= 4 is 34.3 Å². The Morgan fingerprint density at radius 2 is 2.16 bits per heavy atom. The van der Waals surface area contributed by atoms with Crippen LogP contribution in [0, 0.1) is 0 Å². The molecular weight excluding hydrogens is 342 g/mol. The van der Waals surface area contributed by atoms with Crippen molar-refractivity contribution in [2.45, 2.75) is 25.3 Å². The fraction of sp³-hybridized carbons (Fsp3) is 0.312. The van der Waals surface area contributed by atoms with E-state index in [2.05, 4.69) is 20.8 Å². The van der Waals surface area contributed by atoms with Gasteiger partial charge in [-0.2, -0.15) is 0 Å². The van der Waals surface area contributed by atoms with Crippen molar-refractivity contribution in [2.75, 3.05) is 11.9 Å². The molecule has 1 aromatic carbocycles. The van der Waals surface area contributed by atoms with Crippen molar-refractivity contribution in [2.24, 2.45) is 0 Å². The van der Waals surface area contributed by atoms with E-state index in [-0.39, 0.29) is 24.9 Å². The number of aromatic nitrogens is 2. The molecule has 25 heavy (non-hydrogen) atoms. The first kappa shape index (κ1) is 15.7. The Morgan fingerprint density at radius 1 is 1.32 bits per heavy atom. The van der Waals surface area contributed by atoms with E-state index in [1.54, 1.807) is 24.3 Å². The standard InChI is InChI=1S/C16H15N5O3S/c22-12-7-17-16(24)21(12)8-9-2-1-3-11(6-9)13(23)18-15-20-19-14(25-15)10-4-5-10/h1-3,6,10H,4-5,7-8H2,(H,17,24)(H,18,20,23). The van der Waals surface area contributed by atoms with E-state index >= 15 is 0 Å². The number of hydrogen-bond acceptors (Lipinski definition) is 6. The molecule has 4 amide bonds.